The maximum absolute atomic E-state index is 12.5. The largest absolute Gasteiger partial charge is 0.508 e. The number of hydrogen-bond acceptors (Lipinski definition) is 2. The molecule has 2 nitrogen and oxygen atoms in total. The number of allylic oxidation sites excluding steroid dienone is 1. The van der Waals surface area contributed by atoms with E-state index in [4.69, 9.17) is 0 Å². The molecule has 0 bridgehead atoms. The minimum atomic E-state index is -4.43. The van der Waals surface area contributed by atoms with Crippen molar-refractivity contribution >= 4 is 0 Å². The van der Waals surface area contributed by atoms with E-state index in [1.165, 1.54) is 6.08 Å². The molecule has 0 aromatic rings. The van der Waals surface area contributed by atoms with Crippen LogP contribution in [0.25, 0.3) is 0 Å². The van der Waals surface area contributed by atoms with Gasteiger partial charge in [0.25, 0.3) is 0 Å². The zero-order valence-electron chi connectivity index (χ0n) is 8.26. The molecule has 85 valence electrons. The number of hydroxylamine groups is 2. The molecule has 2 rings (SSSR count). The van der Waals surface area contributed by atoms with Crippen molar-refractivity contribution in [3.63, 3.8) is 0 Å². The Morgan fingerprint density at radius 2 is 1.87 bits per heavy atom. The summed E-state index contributed by atoms with van der Waals surface area (Å²) in [4.78, 5) is 4.47. The molecule has 15 heavy (non-hydrogen) atoms. The van der Waals surface area contributed by atoms with Crippen molar-refractivity contribution in [3.8, 4) is 0 Å². The first-order chi connectivity index (χ1) is 7.09. The van der Waals surface area contributed by atoms with Gasteiger partial charge in [-0.25, -0.2) is 0 Å². The number of nitrogens with zero attached hydrogens (tertiary/aromatic N) is 1. The molecule has 2 aliphatic rings. The van der Waals surface area contributed by atoms with Gasteiger partial charge in [0.05, 0.1) is 5.70 Å². The molecule has 0 spiro atoms. The molecule has 0 aromatic carbocycles. The fourth-order valence-electron chi connectivity index (χ4n) is 2.20. The van der Waals surface area contributed by atoms with E-state index in [1.54, 1.807) is 0 Å². The lowest BCUT2D eigenvalue weighted by atomic mass is 9.87. The normalized spacial score (nSPS) is 24.5. The van der Waals surface area contributed by atoms with Gasteiger partial charge in [0, 0.05) is 5.92 Å². The van der Waals surface area contributed by atoms with E-state index < -0.39 is 6.30 Å². The molecule has 1 fully saturated rings. The average molecular weight is 220 g/mol. The molecule has 0 atom stereocenters. The summed E-state index contributed by atoms with van der Waals surface area (Å²) in [5.74, 6) is -0.000810. The molecule has 5 heteroatoms. The summed E-state index contributed by atoms with van der Waals surface area (Å²) in [7, 11) is 0. The predicted octanol–water partition coefficient (Wildman–Crippen LogP) is 3.38. The van der Waals surface area contributed by atoms with Crippen LogP contribution in [-0.2, 0) is 4.84 Å². The average Bonchev–Trinajstić information content (AvgIpc) is 2.67. The Morgan fingerprint density at radius 3 is 2.47 bits per heavy atom. The zero-order valence-corrected chi connectivity index (χ0v) is 8.26. The minimum Gasteiger partial charge on any atom is -0.255 e. The summed E-state index contributed by atoms with van der Waals surface area (Å²) in [6, 6.07) is 0. The first kappa shape index (κ1) is 10.8. The highest BCUT2D eigenvalue weighted by Crippen LogP contribution is 2.39. The van der Waals surface area contributed by atoms with Crippen LogP contribution < -0.4 is 0 Å². The SMILES string of the molecule is FC(F)(F)N1O[CH]C=C1C1CCCCC1. The minimum absolute atomic E-state index is 0.000810. The Hall–Kier alpha value is -0.710. The van der Waals surface area contributed by atoms with Crippen LogP contribution >= 0.6 is 0 Å². The van der Waals surface area contributed by atoms with E-state index in [9.17, 15) is 13.2 Å². The van der Waals surface area contributed by atoms with E-state index >= 15 is 0 Å². The van der Waals surface area contributed by atoms with E-state index in [2.05, 4.69) is 4.84 Å². The smallest absolute Gasteiger partial charge is 0.255 e. The van der Waals surface area contributed by atoms with Crippen molar-refractivity contribution in [2.75, 3.05) is 0 Å². The third-order valence-electron chi connectivity index (χ3n) is 2.89. The summed E-state index contributed by atoms with van der Waals surface area (Å²) < 4.78 is 37.5. The van der Waals surface area contributed by atoms with Crippen LogP contribution in [0.5, 0.6) is 0 Å². The van der Waals surface area contributed by atoms with Crippen molar-refractivity contribution in [2.24, 2.45) is 5.92 Å². The molecule has 1 heterocycles. The fourth-order valence-corrected chi connectivity index (χ4v) is 2.20. The Bertz CT molecular complexity index is 256. The molecular weight excluding hydrogens is 207 g/mol. The van der Waals surface area contributed by atoms with Crippen LogP contribution in [0.3, 0.4) is 0 Å². The standard InChI is InChI=1S/C10H13F3NO/c11-10(12,13)14-9(6-7-15-14)8-4-2-1-3-5-8/h6-8H,1-5H2. The molecule has 1 radical (unpaired) electrons. The van der Waals surface area contributed by atoms with Gasteiger partial charge in [-0.15, -0.1) is 13.2 Å². The van der Waals surface area contributed by atoms with Crippen molar-refractivity contribution < 1.29 is 18.0 Å². The Kier molecular flexibility index (Phi) is 2.91. The van der Waals surface area contributed by atoms with Crippen LogP contribution in [0.1, 0.15) is 32.1 Å². The van der Waals surface area contributed by atoms with Crippen LogP contribution in [0, 0.1) is 12.5 Å². The van der Waals surface area contributed by atoms with E-state index in [-0.39, 0.29) is 16.7 Å². The third kappa shape index (κ3) is 2.27. The number of hydrogen-bond donors (Lipinski definition) is 0. The lowest BCUT2D eigenvalue weighted by Gasteiger charge is -2.30. The summed E-state index contributed by atoms with van der Waals surface area (Å²) in [5, 5.41) is 0.0863. The van der Waals surface area contributed by atoms with Crippen molar-refractivity contribution in [2.45, 2.75) is 38.4 Å². The van der Waals surface area contributed by atoms with E-state index in [0.29, 0.717) is 0 Å². The second-order valence-corrected chi connectivity index (χ2v) is 3.93. The van der Waals surface area contributed by atoms with Gasteiger partial charge in [-0.05, 0) is 18.9 Å². The van der Waals surface area contributed by atoms with Gasteiger partial charge in [-0.1, -0.05) is 19.3 Å². The van der Waals surface area contributed by atoms with Gasteiger partial charge >= 0.3 is 6.30 Å². The number of halogens is 3. The molecule has 0 unspecified atom stereocenters. The van der Waals surface area contributed by atoms with Crippen molar-refractivity contribution in [1.29, 1.82) is 0 Å². The molecule has 0 aromatic heterocycles. The first-order valence-electron chi connectivity index (χ1n) is 5.16. The van der Waals surface area contributed by atoms with Crippen LogP contribution in [0.4, 0.5) is 13.2 Å². The molecular formula is C10H13F3NO. The fraction of sp³-hybridized carbons (Fsp3) is 0.700. The van der Waals surface area contributed by atoms with E-state index in [1.807, 2.05) is 0 Å². The van der Waals surface area contributed by atoms with Gasteiger partial charge in [-0.2, -0.15) is 5.06 Å². The maximum atomic E-state index is 12.5. The quantitative estimate of drug-likeness (QED) is 0.628. The maximum Gasteiger partial charge on any atom is 0.508 e. The lowest BCUT2D eigenvalue weighted by Crippen LogP contribution is -2.36. The Balaban J connectivity index is 2.06. The molecule has 0 N–H and O–H groups in total. The van der Waals surface area contributed by atoms with Gasteiger partial charge < -0.3 is 0 Å². The van der Waals surface area contributed by atoms with Gasteiger partial charge in [0.2, 0.25) is 0 Å². The monoisotopic (exact) mass is 220 g/mol. The molecule has 0 amide bonds. The summed E-state index contributed by atoms with van der Waals surface area (Å²) in [5.41, 5.74) is 0.266. The third-order valence-corrected chi connectivity index (χ3v) is 2.89. The molecule has 0 saturated heterocycles. The second kappa shape index (κ2) is 4.04. The van der Waals surface area contributed by atoms with E-state index in [0.717, 1.165) is 38.7 Å². The van der Waals surface area contributed by atoms with Gasteiger partial charge in [-0.3, -0.25) is 4.84 Å². The molecule has 1 saturated carbocycles. The van der Waals surface area contributed by atoms with Crippen LogP contribution in [0.2, 0.25) is 0 Å². The number of rotatable bonds is 1. The van der Waals surface area contributed by atoms with Crippen molar-refractivity contribution in [1.82, 2.24) is 5.06 Å². The van der Waals surface area contributed by atoms with Gasteiger partial charge in [0.1, 0.15) is 6.61 Å². The summed E-state index contributed by atoms with van der Waals surface area (Å²) in [6.07, 6.45) is 1.80. The molecule has 1 aliphatic heterocycles. The summed E-state index contributed by atoms with van der Waals surface area (Å²) >= 11 is 0. The zero-order chi connectivity index (χ0) is 10.9. The Morgan fingerprint density at radius 1 is 1.20 bits per heavy atom. The first-order valence-corrected chi connectivity index (χ1v) is 5.16. The van der Waals surface area contributed by atoms with Crippen molar-refractivity contribution in [3.05, 3.63) is 18.4 Å². The highest BCUT2D eigenvalue weighted by Gasteiger charge is 2.44. The summed E-state index contributed by atoms with van der Waals surface area (Å²) in [6.45, 7) is 1.11. The lowest BCUT2D eigenvalue weighted by molar-refractivity contribution is -0.337. The predicted molar refractivity (Wildman–Crippen MR) is 47.9 cm³/mol. The Labute approximate surface area is 86.6 Å². The van der Waals surface area contributed by atoms with Gasteiger partial charge in [0.15, 0.2) is 0 Å². The van der Waals surface area contributed by atoms with Crippen LogP contribution in [-0.4, -0.2) is 11.4 Å². The molecule has 1 aliphatic carbocycles. The van der Waals surface area contributed by atoms with Crippen LogP contribution in [0.15, 0.2) is 11.8 Å². The highest BCUT2D eigenvalue weighted by molar-refractivity contribution is 5.12. The number of alkyl halides is 3. The second-order valence-electron chi connectivity index (χ2n) is 3.93. The highest BCUT2D eigenvalue weighted by atomic mass is 19.4. The topological polar surface area (TPSA) is 12.5 Å².